The van der Waals surface area contributed by atoms with Crippen molar-refractivity contribution in [3.05, 3.63) is 84.9 Å². The molecule has 1 N–H and O–H groups in total. The molecule has 9 heteroatoms. The third kappa shape index (κ3) is 5.64. The van der Waals surface area contributed by atoms with Crippen molar-refractivity contribution in [2.24, 2.45) is 0 Å². The number of rotatable bonds is 8. The van der Waals surface area contributed by atoms with E-state index in [1.807, 2.05) is 47.2 Å². The third-order valence-corrected chi connectivity index (χ3v) is 5.57. The van der Waals surface area contributed by atoms with Gasteiger partial charge in [-0.1, -0.05) is 36.0 Å². The molecule has 4 rings (SSSR count). The molecular formula is C24H21N5O3S. The van der Waals surface area contributed by atoms with E-state index in [-0.39, 0.29) is 18.3 Å². The summed E-state index contributed by atoms with van der Waals surface area (Å²) in [5.74, 6) is -0.594. The highest BCUT2D eigenvalue weighted by atomic mass is 32.2. The number of carbonyl (C=O) groups is 2. The number of ether oxygens (including phenoxy) is 1. The van der Waals surface area contributed by atoms with Gasteiger partial charge >= 0.3 is 5.97 Å². The lowest BCUT2D eigenvalue weighted by molar-refractivity contribution is -0.113. The number of anilines is 1. The molecule has 0 saturated heterocycles. The van der Waals surface area contributed by atoms with Gasteiger partial charge in [-0.15, -0.1) is 10.2 Å². The number of imidazole rings is 1. The Kier molecular flexibility index (Phi) is 7.11. The first-order valence-corrected chi connectivity index (χ1v) is 11.2. The van der Waals surface area contributed by atoms with Gasteiger partial charge in [0.15, 0.2) is 0 Å². The van der Waals surface area contributed by atoms with E-state index in [9.17, 15) is 9.59 Å². The van der Waals surface area contributed by atoms with Crippen LogP contribution in [0.25, 0.3) is 16.9 Å². The zero-order valence-electron chi connectivity index (χ0n) is 17.8. The van der Waals surface area contributed by atoms with Gasteiger partial charge in [0.25, 0.3) is 0 Å². The third-order valence-electron chi connectivity index (χ3n) is 4.65. The molecule has 4 aromatic rings. The SMILES string of the molecule is CCOC(=O)c1ccccc1NC(=O)CSc1ccc(-c2ccc(-n3ccnc3)cc2)nn1. The number of benzene rings is 2. The minimum Gasteiger partial charge on any atom is -0.462 e. The highest BCUT2D eigenvalue weighted by Crippen LogP contribution is 2.22. The average Bonchev–Trinajstić information content (AvgIpc) is 3.39. The van der Waals surface area contributed by atoms with Crippen LogP contribution < -0.4 is 5.32 Å². The zero-order valence-corrected chi connectivity index (χ0v) is 18.7. The maximum Gasteiger partial charge on any atom is 0.340 e. The number of amides is 1. The van der Waals surface area contributed by atoms with Crippen LogP contribution in [0.5, 0.6) is 0 Å². The predicted octanol–water partition coefficient (Wildman–Crippen LogP) is 4.24. The van der Waals surface area contributed by atoms with Crippen molar-refractivity contribution in [3.8, 4) is 16.9 Å². The van der Waals surface area contributed by atoms with Gasteiger partial charge in [-0.25, -0.2) is 9.78 Å². The van der Waals surface area contributed by atoms with E-state index in [1.165, 1.54) is 11.8 Å². The van der Waals surface area contributed by atoms with Gasteiger partial charge in [-0.3, -0.25) is 4.79 Å². The Morgan fingerprint density at radius 1 is 1.03 bits per heavy atom. The van der Waals surface area contributed by atoms with Crippen molar-refractivity contribution in [3.63, 3.8) is 0 Å². The fourth-order valence-electron chi connectivity index (χ4n) is 3.07. The Labute approximate surface area is 195 Å². The number of thioether (sulfide) groups is 1. The Hall–Kier alpha value is -3.98. The van der Waals surface area contributed by atoms with Crippen LogP contribution in [-0.2, 0) is 9.53 Å². The fraction of sp³-hybridized carbons (Fsp3) is 0.125. The summed E-state index contributed by atoms with van der Waals surface area (Å²) in [6.45, 7) is 2.00. The van der Waals surface area contributed by atoms with E-state index in [0.29, 0.717) is 16.3 Å². The highest BCUT2D eigenvalue weighted by Gasteiger charge is 2.14. The minimum atomic E-state index is -0.472. The van der Waals surface area contributed by atoms with Crippen molar-refractivity contribution >= 4 is 29.3 Å². The average molecular weight is 460 g/mol. The fourth-order valence-corrected chi connectivity index (χ4v) is 3.69. The molecule has 0 aliphatic carbocycles. The number of hydrogen-bond acceptors (Lipinski definition) is 7. The Balaban J connectivity index is 1.34. The molecule has 0 aliphatic heterocycles. The van der Waals surface area contributed by atoms with Crippen molar-refractivity contribution in [1.82, 2.24) is 19.7 Å². The van der Waals surface area contributed by atoms with Gasteiger partial charge in [-0.05, 0) is 43.3 Å². The summed E-state index contributed by atoms with van der Waals surface area (Å²) < 4.78 is 6.96. The molecule has 8 nitrogen and oxygen atoms in total. The van der Waals surface area contributed by atoms with E-state index in [4.69, 9.17) is 4.74 Å². The lowest BCUT2D eigenvalue weighted by atomic mass is 10.1. The quantitative estimate of drug-likeness (QED) is 0.311. The van der Waals surface area contributed by atoms with Crippen LogP contribution in [-0.4, -0.2) is 44.0 Å². The van der Waals surface area contributed by atoms with Crippen molar-refractivity contribution < 1.29 is 14.3 Å². The van der Waals surface area contributed by atoms with Gasteiger partial charge in [0, 0.05) is 23.6 Å². The lowest BCUT2D eigenvalue weighted by Crippen LogP contribution is -2.17. The number of para-hydroxylation sites is 1. The summed E-state index contributed by atoms with van der Waals surface area (Å²) in [7, 11) is 0. The second-order valence-electron chi connectivity index (χ2n) is 6.88. The molecule has 0 fully saturated rings. The number of nitrogens with one attached hydrogen (secondary N) is 1. The molecule has 0 saturated carbocycles. The zero-order chi connectivity index (χ0) is 23.0. The van der Waals surface area contributed by atoms with E-state index in [0.717, 1.165) is 16.9 Å². The summed E-state index contributed by atoms with van der Waals surface area (Å²) in [5.41, 5.74) is 3.43. The molecule has 0 bridgehead atoms. The van der Waals surface area contributed by atoms with Gasteiger partial charge in [-0.2, -0.15) is 0 Å². The van der Waals surface area contributed by atoms with E-state index in [1.54, 1.807) is 43.7 Å². The van der Waals surface area contributed by atoms with Gasteiger partial charge in [0.05, 0.1) is 35.6 Å². The van der Waals surface area contributed by atoms with Gasteiger partial charge < -0.3 is 14.6 Å². The number of esters is 1. The topological polar surface area (TPSA) is 99.0 Å². The Bertz CT molecular complexity index is 1230. The van der Waals surface area contributed by atoms with Gasteiger partial charge in [0.1, 0.15) is 5.03 Å². The first-order chi connectivity index (χ1) is 16.1. The lowest BCUT2D eigenvalue weighted by Gasteiger charge is -2.10. The summed E-state index contributed by atoms with van der Waals surface area (Å²) in [4.78, 5) is 28.5. The van der Waals surface area contributed by atoms with E-state index >= 15 is 0 Å². The van der Waals surface area contributed by atoms with Crippen LogP contribution in [0.4, 0.5) is 5.69 Å². The number of carbonyl (C=O) groups excluding carboxylic acids is 2. The summed E-state index contributed by atoms with van der Waals surface area (Å²) in [6, 6.07) is 18.4. The molecule has 0 unspecified atom stereocenters. The van der Waals surface area contributed by atoms with Gasteiger partial charge in [0.2, 0.25) is 5.91 Å². The number of hydrogen-bond donors (Lipinski definition) is 1. The molecular weight excluding hydrogens is 438 g/mol. The molecule has 166 valence electrons. The molecule has 2 aromatic carbocycles. The van der Waals surface area contributed by atoms with Crippen LogP contribution in [0.2, 0.25) is 0 Å². The Morgan fingerprint density at radius 3 is 2.55 bits per heavy atom. The molecule has 0 atom stereocenters. The molecule has 33 heavy (non-hydrogen) atoms. The molecule has 0 aliphatic rings. The summed E-state index contributed by atoms with van der Waals surface area (Å²) >= 11 is 1.26. The molecule has 2 heterocycles. The maximum absolute atomic E-state index is 12.4. The monoisotopic (exact) mass is 459 g/mol. The van der Waals surface area contributed by atoms with Crippen LogP contribution in [0.15, 0.2) is 84.4 Å². The van der Waals surface area contributed by atoms with Crippen LogP contribution in [0.1, 0.15) is 17.3 Å². The maximum atomic E-state index is 12.4. The van der Waals surface area contributed by atoms with Crippen LogP contribution in [0.3, 0.4) is 0 Å². The normalized spacial score (nSPS) is 10.6. The molecule has 2 aromatic heterocycles. The molecule has 1 amide bonds. The number of nitrogens with zero attached hydrogens (tertiary/aromatic N) is 4. The van der Waals surface area contributed by atoms with Crippen molar-refractivity contribution in [2.75, 3.05) is 17.7 Å². The standard InChI is InChI=1S/C24H21N5O3S/c1-2-32-24(31)19-5-3-4-6-21(19)26-22(30)15-33-23-12-11-20(27-28-23)17-7-9-18(10-8-17)29-14-13-25-16-29/h3-14,16H,2,15H2,1H3,(H,26,30). The predicted molar refractivity (Wildman–Crippen MR) is 126 cm³/mol. The molecule has 0 radical (unpaired) electrons. The first kappa shape index (κ1) is 22.2. The smallest absolute Gasteiger partial charge is 0.340 e. The summed E-state index contributed by atoms with van der Waals surface area (Å²) in [5, 5.41) is 11.9. The summed E-state index contributed by atoms with van der Waals surface area (Å²) in [6.07, 6.45) is 5.36. The molecule has 0 spiro atoms. The van der Waals surface area contributed by atoms with Crippen LogP contribution in [0, 0.1) is 0 Å². The van der Waals surface area contributed by atoms with Crippen LogP contribution >= 0.6 is 11.8 Å². The van der Waals surface area contributed by atoms with Crippen molar-refractivity contribution in [1.29, 1.82) is 0 Å². The number of aromatic nitrogens is 4. The Morgan fingerprint density at radius 2 is 1.85 bits per heavy atom. The van der Waals surface area contributed by atoms with Crippen molar-refractivity contribution in [2.45, 2.75) is 11.9 Å². The first-order valence-electron chi connectivity index (χ1n) is 10.3. The minimum absolute atomic E-state index is 0.130. The largest absolute Gasteiger partial charge is 0.462 e. The van der Waals surface area contributed by atoms with E-state index in [2.05, 4.69) is 20.5 Å². The second-order valence-corrected chi connectivity index (χ2v) is 7.87. The van der Waals surface area contributed by atoms with E-state index < -0.39 is 5.97 Å². The highest BCUT2D eigenvalue weighted by molar-refractivity contribution is 7.99. The second kappa shape index (κ2) is 10.6.